The second kappa shape index (κ2) is 14.0. The normalized spacial score (nSPS) is 17.8. The molecule has 1 atom stereocenters. The summed E-state index contributed by atoms with van der Waals surface area (Å²) in [5, 5.41) is 7.73. The molecule has 1 rings (SSSR count). The minimum Gasteiger partial charge on any atom is -0.299 e. The van der Waals surface area contributed by atoms with Gasteiger partial charge in [-0.1, -0.05) is 84.0 Å². The molecular formula is C23H48N2. The zero-order valence-electron chi connectivity index (χ0n) is 18.1. The van der Waals surface area contributed by atoms with E-state index in [0.717, 1.165) is 11.8 Å². The highest BCUT2D eigenvalue weighted by Crippen LogP contribution is 2.34. The summed E-state index contributed by atoms with van der Waals surface area (Å²) in [4.78, 5) is 0. The molecule has 1 saturated carbocycles. The van der Waals surface area contributed by atoms with Crippen LogP contribution in [0.1, 0.15) is 118 Å². The summed E-state index contributed by atoms with van der Waals surface area (Å²) in [6.45, 7) is 11.5. The van der Waals surface area contributed by atoms with Gasteiger partial charge in [0, 0.05) is 12.1 Å². The highest BCUT2D eigenvalue weighted by atomic mass is 15.2. The summed E-state index contributed by atoms with van der Waals surface area (Å²) in [6.07, 6.45) is 19.1. The zero-order chi connectivity index (χ0) is 18.5. The van der Waals surface area contributed by atoms with Gasteiger partial charge in [0.15, 0.2) is 0 Å². The van der Waals surface area contributed by atoms with Crippen LogP contribution >= 0.6 is 0 Å². The fourth-order valence-corrected chi connectivity index (χ4v) is 4.59. The SMILES string of the molecule is CCCCCCCCCC(C1CCCCC1)C(NC(C)C)NC(C)C. The molecule has 0 aromatic heterocycles. The lowest BCUT2D eigenvalue weighted by molar-refractivity contribution is 0.147. The third kappa shape index (κ3) is 10.6. The molecule has 0 radical (unpaired) electrons. The van der Waals surface area contributed by atoms with Crippen LogP contribution in [0.4, 0.5) is 0 Å². The lowest BCUT2D eigenvalue weighted by Crippen LogP contribution is -2.54. The Kier molecular flexibility index (Phi) is 12.9. The van der Waals surface area contributed by atoms with Crippen molar-refractivity contribution in [3.63, 3.8) is 0 Å². The van der Waals surface area contributed by atoms with Crippen LogP contribution in [0.5, 0.6) is 0 Å². The van der Waals surface area contributed by atoms with Crippen molar-refractivity contribution >= 4 is 0 Å². The van der Waals surface area contributed by atoms with E-state index in [1.54, 1.807) is 0 Å². The first-order chi connectivity index (χ1) is 12.0. The molecule has 2 N–H and O–H groups in total. The van der Waals surface area contributed by atoms with Crippen LogP contribution in [-0.2, 0) is 0 Å². The number of unbranched alkanes of at least 4 members (excludes halogenated alkanes) is 6. The van der Waals surface area contributed by atoms with Gasteiger partial charge in [-0.25, -0.2) is 0 Å². The van der Waals surface area contributed by atoms with Crippen LogP contribution in [0.2, 0.25) is 0 Å². The first-order valence-corrected chi connectivity index (χ1v) is 11.6. The van der Waals surface area contributed by atoms with E-state index in [1.807, 2.05) is 0 Å². The van der Waals surface area contributed by atoms with Gasteiger partial charge in [0.1, 0.15) is 0 Å². The molecule has 1 fully saturated rings. The van der Waals surface area contributed by atoms with E-state index in [2.05, 4.69) is 45.3 Å². The van der Waals surface area contributed by atoms with E-state index in [0.29, 0.717) is 18.2 Å². The highest BCUT2D eigenvalue weighted by molar-refractivity contribution is 4.84. The van der Waals surface area contributed by atoms with Gasteiger partial charge in [0.05, 0.1) is 6.17 Å². The van der Waals surface area contributed by atoms with Crippen molar-refractivity contribution in [1.29, 1.82) is 0 Å². The summed E-state index contributed by atoms with van der Waals surface area (Å²) >= 11 is 0. The maximum atomic E-state index is 3.87. The number of hydrogen-bond acceptors (Lipinski definition) is 2. The van der Waals surface area contributed by atoms with E-state index in [4.69, 9.17) is 0 Å². The van der Waals surface area contributed by atoms with E-state index in [-0.39, 0.29) is 0 Å². The minimum absolute atomic E-state index is 0.489. The van der Waals surface area contributed by atoms with Crippen molar-refractivity contribution in [1.82, 2.24) is 10.6 Å². The molecule has 0 aromatic carbocycles. The standard InChI is InChI=1S/C23H48N2/c1-6-7-8-9-10-11-15-18-22(21-16-13-12-14-17-21)23(24-19(2)3)25-20(4)5/h19-25H,6-18H2,1-5H3. The molecular weight excluding hydrogens is 304 g/mol. The van der Waals surface area contributed by atoms with Crippen LogP contribution < -0.4 is 10.6 Å². The zero-order valence-corrected chi connectivity index (χ0v) is 18.1. The summed E-state index contributed by atoms with van der Waals surface area (Å²) < 4.78 is 0. The average Bonchev–Trinajstić information content (AvgIpc) is 2.57. The van der Waals surface area contributed by atoms with Crippen molar-refractivity contribution in [3.8, 4) is 0 Å². The molecule has 0 aliphatic heterocycles. The molecule has 1 unspecified atom stereocenters. The number of nitrogens with one attached hydrogen (secondary N) is 2. The smallest absolute Gasteiger partial charge is 0.0607 e. The fourth-order valence-electron chi connectivity index (χ4n) is 4.59. The average molecular weight is 353 g/mol. The minimum atomic E-state index is 0.489. The molecule has 0 spiro atoms. The van der Waals surface area contributed by atoms with Gasteiger partial charge in [0.25, 0.3) is 0 Å². The number of rotatable bonds is 14. The Morgan fingerprint density at radius 2 is 1.24 bits per heavy atom. The number of hydrogen-bond donors (Lipinski definition) is 2. The van der Waals surface area contributed by atoms with Gasteiger partial charge in [-0.05, 0) is 46.0 Å². The Morgan fingerprint density at radius 1 is 0.720 bits per heavy atom. The lowest BCUT2D eigenvalue weighted by atomic mass is 9.76. The Labute approximate surface area is 159 Å². The van der Waals surface area contributed by atoms with Crippen LogP contribution in [0.3, 0.4) is 0 Å². The van der Waals surface area contributed by atoms with E-state index < -0.39 is 0 Å². The van der Waals surface area contributed by atoms with E-state index in [9.17, 15) is 0 Å². The molecule has 25 heavy (non-hydrogen) atoms. The van der Waals surface area contributed by atoms with Gasteiger partial charge in [0.2, 0.25) is 0 Å². The summed E-state index contributed by atoms with van der Waals surface area (Å²) in [5.41, 5.74) is 0. The van der Waals surface area contributed by atoms with Crippen LogP contribution in [-0.4, -0.2) is 18.2 Å². The molecule has 1 aliphatic carbocycles. The third-order valence-corrected chi connectivity index (χ3v) is 5.85. The molecule has 150 valence electrons. The lowest BCUT2D eigenvalue weighted by Gasteiger charge is -2.39. The summed E-state index contributed by atoms with van der Waals surface area (Å²) in [5.74, 6) is 1.73. The van der Waals surface area contributed by atoms with Gasteiger partial charge in [-0.15, -0.1) is 0 Å². The Hall–Kier alpha value is -0.0800. The predicted octanol–water partition coefficient (Wildman–Crippen LogP) is 6.65. The van der Waals surface area contributed by atoms with Crippen LogP contribution in [0, 0.1) is 11.8 Å². The quantitative estimate of drug-likeness (QED) is 0.270. The van der Waals surface area contributed by atoms with E-state index in [1.165, 1.54) is 83.5 Å². The van der Waals surface area contributed by atoms with Gasteiger partial charge in [-0.2, -0.15) is 0 Å². The van der Waals surface area contributed by atoms with Crippen molar-refractivity contribution in [2.75, 3.05) is 0 Å². The largest absolute Gasteiger partial charge is 0.299 e. The van der Waals surface area contributed by atoms with Gasteiger partial charge < -0.3 is 0 Å². The molecule has 0 saturated heterocycles. The van der Waals surface area contributed by atoms with Gasteiger partial charge in [-0.3, -0.25) is 10.6 Å². The van der Waals surface area contributed by atoms with Crippen LogP contribution in [0.25, 0.3) is 0 Å². The second-order valence-electron chi connectivity index (χ2n) is 9.09. The molecule has 2 nitrogen and oxygen atoms in total. The van der Waals surface area contributed by atoms with Gasteiger partial charge >= 0.3 is 0 Å². The Morgan fingerprint density at radius 3 is 1.76 bits per heavy atom. The third-order valence-electron chi connectivity index (χ3n) is 5.85. The Balaban J connectivity index is 2.53. The molecule has 0 heterocycles. The summed E-state index contributed by atoms with van der Waals surface area (Å²) in [7, 11) is 0. The second-order valence-corrected chi connectivity index (χ2v) is 9.09. The molecule has 0 amide bonds. The fraction of sp³-hybridized carbons (Fsp3) is 1.00. The topological polar surface area (TPSA) is 24.1 Å². The predicted molar refractivity (Wildman–Crippen MR) is 113 cm³/mol. The van der Waals surface area contributed by atoms with Crippen molar-refractivity contribution < 1.29 is 0 Å². The maximum Gasteiger partial charge on any atom is 0.0607 e. The summed E-state index contributed by atoms with van der Waals surface area (Å²) in [6, 6.07) is 1.10. The molecule has 0 bridgehead atoms. The molecule has 1 aliphatic rings. The Bertz CT molecular complexity index is 284. The van der Waals surface area contributed by atoms with Crippen molar-refractivity contribution in [2.45, 2.75) is 136 Å². The first kappa shape index (κ1) is 23.0. The van der Waals surface area contributed by atoms with E-state index >= 15 is 0 Å². The van der Waals surface area contributed by atoms with Crippen molar-refractivity contribution in [3.05, 3.63) is 0 Å². The van der Waals surface area contributed by atoms with Crippen molar-refractivity contribution in [2.24, 2.45) is 11.8 Å². The first-order valence-electron chi connectivity index (χ1n) is 11.6. The van der Waals surface area contributed by atoms with Crippen LogP contribution in [0.15, 0.2) is 0 Å². The molecule has 2 heteroatoms. The monoisotopic (exact) mass is 352 g/mol. The molecule has 0 aromatic rings. The maximum absolute atomic E-state index is 3.87. The highest BCUT2D eigenvalue weighted by Gasteiger charge is 2.30.